The third-order valence-corrected chi connectivity index (χ3v) is 7.83. The second kappa shape index (κ2) is 13.4. The summed E-state index contributed by atoms with van der Waals surface area (Å²) in [5.41, 5.74) is 1.78. The first-order chi connectivity index (χ1) is 19.4. The van der Waals surface area contributed by atoms with Gasteiger partial charge in [-0.25, -0.2) is 4.79 Å². The lowest BCUT2D eigenvalue weighted by molar-refractivity contribution is -0.113. The van der Waals surface area contributed by atoms with Crippen molar-refractivity contribution < 1.29 is 28.5 Å². The summed E-state index contributed by atoms with van der Waals surface area (Å²) >= 11 is 2.52. The summed E-state index contributed by atoms with van der Waals surface area (Å²) < 4.78 is 23.4. The van der Waals surface area contributed by atoms with E-state index in [1.165, 1.54) is 30.2 Å². The molecule has 0 saturated heterocycles. The maximum absolute atomic E-state index is 12.9. The lowest BCUT2D eigenvalue weighted by Crippen LogP contribution is -2.17. The number of ether oxygens (including phenoxy) is 4. The normalized spacial score (nSPS) is 11.5. The number of amides is 1. The maximum atomic E-state index is 12.9. The van der Waals surface area contributed by atoms with E-state index in [9.17, 15) is 9.59 Å². The fourth-order valence-electron chi connectivity index (χ4n) is 3.95. The van der Waals surface area contributed by atoms with Crippen molar-refractivity contribution in [3.05, 3.63) is 65.3 Å². The van der Waals surface area contributed by atoms with Crippen LogP contribution in [0.4, 0.5) is 5.00 Å². The molecule has 0 spiro atoms. The van der Waals surface area contributed by atoms with Gasteiger partial charge in [0.1, 0.15) is 27.8 Å². The van der Waals surface area contributed by atoms with Gasteiger partial charge >= 0.3 is 5.97 Å². The summed E-state index contributed by atoms with van der Waals surface area (Å²) in [4.78, 5) is 25.6. The van der Waals surface area contributed by atoms with Crippen molar-refractivity contribution in [2.45, 2.75) is 31.7 Å². The number of benzene rings is 2. The SMILES string of the molecule is CCn1c(SCC(=O)Nc2scc(-c3ccc(OC)cc3)c2C(=O)OC)nnc1C(C)Oc1ccc(OC)cc1. The number of hydrogen-bond donors (Lipinski definition) is 1. The second-order valence-electron chi connectivity index (χ2n) is 8.43. The van der Waals surface area contributed by atoms with Gasteiger partial charge in [0.15, 0.2) is 17.1 Å². The Bertz CT molecular complexity index is 1450. The van der Waals surface area contributed by atoms with Gasteiger partial charge in [0.05, 0.1) is 27.1 Å². The number of anilines is 1. The van der Waals surface area contributed by atoms with Crippen LogP contribution in [0.2, 0.25) is 0 Å². The van der Waals surface area contributed by atoms with Crippen LogP contribution < -0.4 is 19.5 Å². The maximum Gasteiger partial charge on any atom is 0.341 e. The molecule has 0 aliphatic heterocycles. The second-order valence-corrected chi connectivity index (χ2v) is 10.3. The minimum Gasteiger partial charge on any atom is -0.497 e. The quantitative estimate of drug-likeness (QED) is 0.166. The van der Waals surface area contributed by atoms with E-state index < -0.39 is 5.97 Å². The van der Waals surface area contributed by atoms with Gasteiger partial charge in [-0.15, -0.1) is 21.5 Å². The van der Waals surface area contributed by atoms with Crippen LogP contribution in [0.1, 0.15) is 36.1 Å². The number of nitrogens with one attached hydrogen (secondary N) is 1. The molecule has 0 radical (unpaired) electrons. The number of methoxy groups -OCH3 is 3. The predicted molar refractivity (Wildman–Crippen MR) is 155 cm³/mol. The number of carbonyl (C=O) groups excluding carboxylic acids is 2. The third-order valence-electron chi connectivity index (χ3n) is 5.96. The third kappa shape index (κ3) is 6.57. The van der Waals surface area contributed by atoms with Crippen molar-refractivity contribution in [3.8, 4) is 28.4 Å². The fraction of sp³-hybridized carbons (Fsp3) is 0.286. The highest BCUT2D eigenvalue weighted by Crippen LogP contribution is 2.37. The first-order valence-electron chi connectivity index (χ1n) is 12.4. The summed E-state index contributed by atoms with van der Waals surface area (Å²) in [6, 6.07) is 14.6. The number of nitrogens with zero attached hydrogens (tertiary/aromatic N) is 3. The van der Waals surface area contributed by atoms with Gasteiger partial charge in [-0.05, 0) is 55.8 Å². The molecule has 2 aromatic heterocycles. The zero-order chi connectivity index (χ0) is 28.6. The Kier molecular flexibility index (Phi) is 9.67. The van der Waals surface area contributed by atoms with Crippen molar-refractivity contribution in [3.63, 3.8) is 0 Å². The number of carbonyl (C=O) groups is 2. The van der Waals surface area contributed by atoms with Crippen LogP contribution in [0.15, 0.2) is 59.1 Å². The van der Waals surface area contributed by atoms with Gasteiger partial charge in [0, 0.05) is 17.5 Å². The Morgan fingerprint density at radius 2 is 1.60 bits per heavy atom. The Morgan fingerprint density at radius 1 is 0.975 bits per heavy atom. The van der Waals surface area contributed by atoms with Crippen molar-refractivity contribution in [1.29, 1.82) is 0 Å². The molecule has 1 atom stereocenters. The van der Waals surface area contributed by atoms with E-state index in [1.807, 2.05) is 72.3 Å². The molecule has 0 aliphatic carbocycles. The number of esters is 1. The molecular formula is C28H30N4O6S2. The van der Waals surface area contributed by atoms with Crippen molar-refractivity contribution in [1.82, 2.24) is 14.8 Å². The van der Waals surface area contributed by atoms with Gasteiger partial charge in [0.2, 0.25) is 5.91 Å². The van der Waals surface area contributed by atoms with Gasteiger partial charge in [-0.1, -0.05) is 23.9 Å². The topological polar surface area (TPSA) is 114 Å². The molecule has 0 aliphatic rings. The van der Waals surface area contributed by atoms with Gasteiger partial charge in [-0.2, -0.15) is 0 Å². The largest absolute Gasteiger partial charge is 0.497 e. The van der Waals surface area contributed by atoms with Crippen LogP contribution in [0.3, 0.4) is 0 Å². The molecule has 40 heavy (non-hydrogen) atoms. The Hall–Kier alpha value is -4.03. The lowest BCUT2D eigenvalue weighted by atomic mass is 10.0. The standard InChI is InChI=1S/C28H30N4O6S2/c1-6-32-25(17(2)38-21-13-11-20(36-4)12-14-21)30-31-28(32)40-16-23(33)29-26-24(27(34)37-5)22(15-39-26)18-7-9-19(35-3)10-8-18/h7-15,17H,6,16H2,1-5H3,(H,29,33). The number of aromatic nitrogens is 3. The first-order valence-corrected chi connectivity index (χ1v) is 14.3. The molecular weight excluding hydrogens is 552 g/mol. The average Bonchev–Trinajstić information content (AvgIpc) is 3.60. The smallest absolute Gasteiger partial charge is 0.341 e. The molecule has 4 aromatic rings. The number of rotatable bonds is 12. The van der Waals surface area contributed by atoms with E-state index in [4.69, 9.17) is 18.9 Å². The van der Waals surface area contributed by atoms with Crippen LogP contribution in [0.5, 0.6) is 17.2 Å². The van der Waals surface area contributed by atoms with E-state index in [-0.39, 0.29) is 17.8 Å². The van der Waals surface area contributed by atoms with E-state index in [1.54, 1.807) is 14.2 Å². The summed E-state index contributed by atoms with van der Waals surface area (Å²) in [5, 5.41) is 14.3. The molecule has 1 amide bonds. The Labute approximate surface area is 240 Å². The number of thiophene rings is 1. The molecule has 0 saturated carbocycles. The molecule has 4 rings (SSSR count). The first kappa shape index (κ1) is 29.0. The zero-order valence-electron chi connectivity index (χ0n) is 22.8. The minimum absolute atomic E-state index is 0.0717. The predicted octanol–water partition coefficient (Wildman–Crippen LogP) is 5.70. The monoisotopic (exact) mass is 582 g/mol. The van der Waals surface area contributed by atoms with E-state index in [0.29, 0.717) is 45.2 Å². The molecule has 0 fully saturated rings. The van der Waals surface area contributed by atoms with Gasteiger partial charge in [-0.3, -0.25) is 4.79 Å². The molecule has 2 aromatic carbocycles. The fourth-order valence-corrected chi connectivity index (χ4v) is 5.73. The van der Waals surface area contributed by atoms with E-state index in [0.717, 1.165) is 11.3 Å². The highest BCUT2D eigenvalue weighted by molar-refractivity contribution is 7.99. The van der Waals surface area contributed by atoms with Crippen molar-refractivity contribution in [2.24, 2.45) is 0 Å². The highest BCUT2D eigenvalue weighted by Gasteiger charge is 2.24. The summed E-state index contributed by atoms with van der Waals surface area (Å²) in [5.74, 6) is 2.03. The molecule has 1 unspecified atom stereocenters. The molecule has 210 valence electrons. The molecule has 0 bridgehead atoms. The van der Waals surface area contributed by atoms with Crippen LogP contribution in [-0.2, 0) is 16.1 Å². The molecule has 2 heterocycles. The summed E-state index contributed by atoms with van der Waals surface area (Å²) in [6.07, 6.45) is -0.367. The van der Waals surface area contributed by atoms with Crippen molar-refractivity contribution in [2.75, 3.05) is 32.4 Å². The van der Waals surface area contributed by atoms with Gasteiger partial charge in [0.25, 0.3) is 0 Å². The van der Waals surface area contributed by atoms with Crippen molar-refractivity contribution >= 4 is 40.0 Å². The zero-order valence-corrected chi connectivity index (χ0v) is 24.4. The van der Waals surface area contributed by atoms with Crippen LogP contribution in [0.25, 0.3) is 11.1 Å². The Balaban J connectivity index is 1.44. The van der Waals surface area contributed by atoms with Crippen LogP contribution in [0, 0.1) is 0 Å². The number of hydrogen-bond acceptors (Lipinski definition) is 10. The minimum atomic E-state index is -0.531. The van der Waals surface area contributed by atoms with Gasteiger partial charge < -0.3 is 28.8 Å². The van der Waals surface area contributed by atoms with E-state index >= 15 is 0 Å². The molecule has 1 N–H and O–H groups in total. The van der Waals surface area contributed by atoms with Crippen LogP contribution >= 0.6 is 23.1 Å². The van der Waals surface area contributed by atoms with E-state index in [2.05, 4.69) is 15.5 Å². The highest BCUT2D eigenvalue weighted by atomic mass is 32.2. The summed E-state index contributed by atoms with van der Waals surface area (Å²) in [7, 11) is 4.51. The number of thioether (sulfide) groups is 1. The Morgan fingerprint density at radius 3 is 2.20 bits per heavy atom. The average molecular weight is 583 g/mol. The van der Waals surface area contributed by atoms with Crippen LogP contribution in [-0.4, -0.2) is 53.7 Å². The summed E-state index contributed by atoms with van der Waals surface area (Å²) in [6.45, 7) is 4.48. The molecule has 10 nitrogen and oxygen atoms in total. The molecule has 12 heteroatoms. The lowest BCUT2D eigenvalue weighted by Gasteiger charge is -2.15.